The predicted octanol–water partition coefficient (Wildman–Crippen LogP) is 2.10. The van der Waals surface area contributed by atoms with E-state index in [4.69, 9.17) is 0 Å². The van der Waals surface area contributed by atoms with Crippen molar-refractivity contribution in [3.8, 4) is 11.4 Å². The van der Waals surface area contributed by atoms with Gasteiger partial charge in [0.2, 0.25) is 5.91 Å². The van der Waals surface area contributed by atoms with Gasteiger partial charge >= 0.3 is 0 Å². The van der Waals surface area contributed by atoms with Crippen molar-refractivity contribution in [3.05, 3.63) is 52.4 Å². The van der Waals surface area contributed by atoms with E-state index in [-0.39, 0.29) is 29.1 Å². The largest absolute Gasteiger partial charge is 0.349 e. The molecule has 0 spiro atoms. The van der Waals surface area contributed by atoms with Crippen LogP contribution in [0.15, 0.2) is 41.2 Å². The zero-order valence-corrected chi connectivity index (χ0v) is 15.9. The lowest BCUT2D eigenvalue weighted by Crippen LogP contribution is -2.63. The minimum absolute atomic E-state index is 0.0416. The number of piperidine rings is 1. The number of rotatable bonds is 2. The molecule has 2 aliphatic rings. The average molecular weight is 380 g/mol. The Morgan fingerprint density at radius 2 is 2.00 bits per heavy atom. The first-order valence-electron chi connectivity index (χ1n) is 9.75. The van der Waals surface area contributed by atoms with Crippen LogP contribution in [0, 0.1) is 0 Å². The van der Waals surface area contributed by atoms with E-state index in [1.165, 1.54) is 6.07 Å². The van der Waals surface area contributed by atoms with E-state index < -0.39 is 5.54 Å². The maximum atomic E-state index is 13.3. The van der Waals surface area contributed by atoms with E-state index in [1.54, 1.807) is 4.90 Å². The molecule has 0 bridgehead atoms. The van der Waals surface area contributed by atoms with Crippen LogP contribution < -0.4 is 10.9 Å². The number of likely N-dealkylation sites (tertiary alicyclic amines) is 1. The van der Waals surface area contributed by atoms with Crippen molar-refractivity contribution in [1.29, 1.82) is 0 Å². The Labute approximate surface area is 163 Å². The zero-order chi connectivity index (χ0) is 19.7. The molecular weight excluding hydrogens is 356 g/mol. The lowest BCUT2D eigenvalue weighted by Gasteiger charge is -2.47. The topological polar surface area (TPSA) is 95.2 Å². The van der Waals surface area contributed by atoms with E-state index in [1.807, 2.05) is 37.3 Å². The molecule has 2 aromatic rings. The number of aromatic amines is 1. The van der Waals surface area contributed by atoms with Gasteiger partial charge < -0.3 is 15.2 Å². The highest BCUT2D eigenvalue weighted by molar-refractivity contribution is 5.93. The summed E-state index contributed by atoms with van der Waals surface area (Å²) < 4.78 is 0. The second-order valence-electron chi connectivity index (χ2n) is 7.82. The number of nitrogens with one attached hydrogen (secondary N) is 2. The van der Waals surface area contributed by atoms with Gasteiger partial charge in [-0.2, -0.15) is 0 Å². The molecule has 1 aromatic carbocycles. The molecule has 28 heavy (non-hydrogen) atoms. The molecule has 2 atom stereocenters. The van der Waals surface area contributed by atoms with Crippen molar-refractivity contribution >= 4 is 11.8 Å². The summed E-state index contributed by atoms with van der Waals surface area (Å²) in [5.41, 5.74) is 0.0957. The Hall–Kier alpha value is -2.96. The molecule has 7 heteroatoms. The van der Waals surface area contributed by atoms with Crippen LogP contribution in [0.3, 0.4) is 0 Å². The monoisotopic (exact) mass is 380 g/mol. The minimum Gasteiger partial charge on any atom is -0.349 e. The number of hydrogen-bond donors (Lipinski definition) is 2. The summed E-state index contributed by atoms with van der Waals surface area (Å²) in [4.78, 5) is 46.5. The third-order valence-corrected chi connectivity index (χ3v) is 5.78. The van der Waals surface area contributed by atoms with Gasteiger partial charge in [-0.3, -0.25) is 14.4 Å². The maximum Gasteiger partial charge on any atom is 0.273 e. The van der Waals surface area contributed by atoms with Gasteiger partial charge in [0.05, 0.1) is 11.6 Å². The maximum absolute atomic E-state index is 13.3. The van der Waals surface area contributed by atoms with Crippen LogP contribution in [-0.4, -0.2) is 44.8 Å². The standard InChI is InChI=1S/C21H24N4O3/c1-21-11-6-12-25(16(21)9-5-10-17(26)24-21)20(28)15-13-18(27)23-19(22-15)14-7-3-2-4-8-14/h2-4,7-8,13,16H,5-6,9-12H2,1H3,(H,24,26)(H,22,23,27)/t16-,21-/m0/s1. The first-order valence-corrected chi connectivity index (χ1v) is 9.75. The molecule has 1 aromatic heterocycles. The molecule has 2 N–H and O–H groups in total. The normalized spacial score (nSPS) is 24.8. The second-order valence-corrected chi connectivity index (χ2v) is 7.82. The van der Waals surface area contributed by atoms with Gasteiger partial charge in [-0.15, -0.1) is 0 Å². The Morgan fingerprint density at radius 1 is 1.21 bits per heavy atom. The number of nitrogens with zero attached hydrogens (tertiary/aromatic N) is 2. The number of aromatic nitrogens is 2. The quantitative estimate of drug-likeness (QED) is 0.834. The van der Waals surface area contributed by atoms with Crippen molar-refractivity contribution in [1.82, 2.24) is 20.2 Å². The van der Waals surface area contributed by atoms with Crippen LogP contribution in [0.25, 0.3) is 11.4 Å². The SMILES string of the molecule is C[C@]12CCCN(C(=O)c3cc(=O)[nH]c(-c4ccccc4)n3)[C@H]1CCCC(=O)N2. The molecule has 2 amide bonds. The Balaban J connectivity index is 1.68. The molecule has 146 valence electrons. The molecule has 2 fully saturated rings. The van der Waals surface area contributed by atoms with Crippen molar-refractivity contribution in [2.24, 2.45) is 0 Å². The zero-order valence-electron chi connectivity index (χ0n) is 15.9. The Bertz CT molecular complexity index is 956. The van der Waals surface area contributed by atoms with E-state index in [0.717, 1.165) is 31.2 Å². The fourth-order valence-corrected chi connectivity index (χ4v) is 4.43. The molecule has 2 aliphatic heterocycles. The first-order chi connectivity index (χ1) is 13.5. The molecule has 4 rings (SSSR count). The van der Waals surface area contributed by atoms with Crippen molar-refractivity contribution < 1.29 is 9.59 Å². The number of carbonyl (C=O) groups excluding carboxylic acids is 2. The van der Waals surface area contributed by atoms with Crippen molar-refractivity contribution in [2.75, 3.05) is 6.54 Å². The van der Waals surface area contributed by atoms with Gasteiger partial charge in [0.1, 0.15) is 11.5 Å². The van der Waals surface area contributed by atoms with Crippen molar-refractivity contribution in [3.63, 3.8) is 0 Å². The highest BCUT2D eigenvalue weighted by atomic mass is 16.2. The van der Waals surface area contributed by atoms with E-state index in [9.17, 15) is 14.4 Å². The van der Waals surface area contributed by atoms with E-state index in [0.29, 0.717) is 18.8 Å². The Morgan fingerprint density at radius 3 is 2.79 bits per heavy atom. The van der Waals surface area contributed by atoms with Crippen molar-refractivity contribution in [2.45, 2.75) is 50.6 Å². The van der Waals surface area contributed by atoms with Crippen LogP contribution in [0.4, 0.5) is 0 Å². The van der Waals surface area contributed by atoms with Gasteiger partial charge in [-0.1, -0.05) is 30.3 Å². The van der Waals surface area contributed by atoms with Gasteiger partial charge in [0.25, 0.3) is 11.5 Å². The lowest BCUT2D eigenvalue weighted by molar-refractivity contribution is -0.123. The van der Waals surface area contributed by atoms with Gasteiger partial charge in [-0.25, -0.2) is 4.98 Å². The van der Waals surface area contributed by atoms with Crippen LogP contribution in [0.5, 0.6) is 0 Å². The summed E-state index contributed by atoms with van der Waals surface area (Å²) in [5, 5.41) is 3.12. The molecule has 0 unspecified atom stereocenters. The van der Waals surface area contributed by atoms with E-state index in [2.05, 4.69) is 15.3 Å². The average Bonchev–Trinajstić information content (AvgIpc) is 2.84. The fourth-order valence-electron chi connectivity index (χ4n) is 4.43. The number of carbonyl (C=O) groups is 2. The highest BCUT2D eigenvalue weighted by Gasteiger charge is 2.45. The minimum atomic E-state index is -0.440. The number of amides is 2. The van der Waals surface area contributed by atoms with Crippen LogP contribution in [0.1, 0.15) is 49.5 Å². The summed E-state index contributed by atoms with van der Waals surface area (Å²) in [6.45, 7) is 2.62. The third-order valence-electron chi connectivity index (χ3n) is 5.78. The smallest absolute Gasteiger partial charge is 0.273 e. The number of benzene rings is 1. The molecule has 2 saturated heterocycles. The molecule has 7 nitrogen and oxygen atoms in total. The summed E-state index contributed by atoms with van der Waals surface area (Å²) >= 11 is 0. The number of hydrogen-bond acceptors (Lipinski definition) is 4. The summed E-state index contributed by atoms with van der Waals surface area (Å²) in [6, 6.07) is 10.4. The Kier molecular flexibility index (Phi) is 4.75. The van der Waals surface area contributed by atoms with E-state index >= 15 is 0 Å². The molecule has 0 saturated carbocycles. The lowest BCUT2D eigenvalue weighted by atomic mass is 9.81. The number of fused-ring (bicyclic) bond motifs is 1. The molecular formula is C21H24N4O3. The second kappa shape index (κ2) is 7.22. The van der Waals surface area contributed by atoms with Crippen LogP contribution in [-0.2, 0) is 4.79 Å². The highest BCUT2D eigenvalue weighted by Crippen LogP contribution is 2.33. The molecule has 0 radical (unpaired) electrons. The molecule has 0 aliphatic carbocycles. The fraction of sp³-hybridized carbons (Fsp3) is 0.429. The summed E-state index contributed by atoms with van der Waals surface area (Å²) in [6.07, 6.45) is 3.62. The number of H-pyrrole nitrogens is 1. The predicted molar refractivity (Wildman–Crippen MR) is 105 cm³/mol. The third kappa shape index (κ3) is 3.44. The van der Waals surface area contributed by atoms with Gasteiger partial charge in [0, 0.05) is 24.6 Å². The van der Waals surface area contributed by atoms with Crippen LogP contribution >= 0.6 is 0 Å². The van der Waals surface area contributed by atoms with Crippen LogP contribution in [0.2, 0.25) is 0 Å². The summed E-state index contributed by atoms with van der Waals surface area (Å²) in [7, 11) is 0. The molecule has 3 heterocycles. The first kappa shape index (κ1) is 18.4. The summed E-state index contributed by atoms with van der Waals surface area (Å²) in [5.74, 6) is 0.167. The van der Waals surface area contributed by atoms with Gasteiger partial charge in [0.15, 0.2) is 0 Å². The van der Waals surface area contributed by atoms with Gasteiger partial charge in [-0.05, 0) is 32.6 Å².